The number of hydrogen-bond donors (Lipinski definition) is 1. The number of benzene rings is 2. The van der Waals surface area contributed by atoms with Crippen molar-refractivity contribution in [3.05, 3.63) is 59.9 Å². The summed E-state index contributed by atoms with van der Waals surface area (Å²) in [5, 5.41) is 2.92. The maximum atomic E-state index is 13.1. The molecule has 2 atom stereocenters. The Balaban J connectivity index is 1.66. The third-order valence-electron chi connectivity index (χ3n) is 5.26. The van der Waals surface area contributed by atoms with E-state index in [2.05, 4.69) is 5.32 Å². The molecule has 0 radical (unpaired) electrons. The summed E-state index contributed by atoms with van der Waals surface area (Å²) in [6, 6.07) is 12.0. The summed E-state index contributed by atoms with van der Waals surface area (Å²) in [7, 11) is -3.69. The Morgan fingerprint density at radius 2 is 1.87 bits per heavy atom. The highest BCUT2D eigenvalue weighted by Gasteiger charge is 2.33. The zero-order valence-electron chi connectivity index (χ0n) is 17.2. The van der Waals surface area contributed by atoms with E-state index in [9.17, 15) is 17.6 Å². The number of carbonyl (C=O) groups excluding carboxylic acids is 1. The highest BCUT2D eigenvalue weighted by Crippen LogP contribution is 2.26. The number of rotatable bonds is 7. The van der Waals surface area contributed by atoms with Gasteiger partial charge in [0.2, 0.25) is 15.9 Å². The van der Waals surface area contributed by atoms with Crippen molar-refractivity contribution in [1.29, 1.82) is 0 Å². The lowest BCUT2D eigenvalue weighted by Crippen LogP contribution is -2.45. The molecular weight excluding hydrogens is 407 g/mol. The van der Waals surface area contributed by atoms with Gasteiger partial charge in [-0.2, -0.15) is 4.31 Å². The molecule has 0 spiro atoms. The monoisotopic (exact) mass is 434 g/mol. The molecule has 0 saturated carbocycles. The molecule has 1 N–H and O–H groups in total. The van der Waals surface area contributed by atoms with Crippen LogP contribution >= 0.6 is 0 Å². The Bertz CT molecular complexity index is 962. The molecule has 0 aromatic heterocycles. The van der Waals surface area contributed by atoms with Crippen molar-refractivity contribution >= 4 is 15.9 Å². The first-order chi connectivity index (χ1) is 14.3. The molecule has 1 amide bonds. The van der Waals surface area contributed by atoms with Gasteiger partial charge in [-0.15, -0.1) is 0 Å². The lowest BCUT2D eigenvalue weighted by Gasteiger charge is -2.32. The van der Waals surface area contributed by atoms with E-state index in [4.69, 9.17) is 4.74 Å². The second-order valence-electron chi connectivity index (χ2n) is 7.39. The summed E-state index contributed by atoms with van der Waals surface area (Å²) >= 11 is 0. The predicted molar refractivity (Wildman–Crippen MR) is 112 cm³/mol. The number of nitrogens with zero attached hydrogens (tertiary/aromatic N) is 1. The molecule has 1 fully saturated rings. The van der Waals surface area contributed by atoms with Crippen LogP contribution in [0.15, 0.2) is 53.4 Å². The smallest absolute Gasteiger partial charge is 0.243 e. The van der Waals surface area contributed by atoms with E-state index in [0.717, 1.165) is 5.56 Å². The van der Waals surface area contributed by atoms with E-state index < -0.39 is 15.9 Å². The standard InChI is InChI=1S/C22H27FN2O4S/c1-3-29-20-10-12-21(13-11-20)30(27,28)25-14-4-5-18(15-25)22(26)24-16(2)17-6-8-19(23)9-7-17/h6-13,16,18H,3-5,14-15H2,1-2H3,(H,24,26)/t16-,18+/m1/s1. The lowest BCUT2D eigenvalue weighted by atomic mass is 9.98. The topological polar surface area (TPSA) is 75.7 Å². The molecular formula is C22H27FN2O4S. The van der Waals surface area contributed by atoms with Crippen molar-refractivity contribution in [3.63, 3.8) is 0 Å². The molecule has 0 aliphatic carbocycles. The fraction of sp³-hybridized carbons (Fsp3) is 0.409. The first-order valence-corrected chi connectivity index (χ1v) is 11.5. The highest BCUT2D eigenvalue weighted by atomic mass is 32.2. The number of nitrogens with one attached hydrogen (secondary N) is 1. The Labute approximate surface area is 177 Å². The zero-order chi connectivity index (χ0) is 21.7. The molecule has 1 saturated heterocycles. The summed E-state index contributed by atoms with van der Waals surface area (Å²) in [6.45, 7) is 4.71. The second kappa shape index (κ2) is 9.57. The third-order valence-corrected chi connectivity index (χ3v) is 7.14. The van der Waals surface area contributed by atoms with Crippen molar-refractivity contribution in [2.75, 3.05) is 19.7 Å². The maximum Gasteiger partial charge on any atom is 0.243 e. The SMILES string of the molecule is CCOc1ccc(S(=O)(=O)N2CCC[C@H](C(=O)N[C@H](C)c3ccc(F)cc3)C2)cc1. The van der Waals surface area contributed by atoms with Gasteiger partial charge in [-0.05, 0) is 68.7 Å². The Hall–Kier alpha value is -2.45. The van der Waals surface area contributed by atoms with Gasteiger partial charge in [0.25, 0.3) is 0 Å². The molecule has 1 aliphatic rings. The largest absolute Gasteiger partial charge is 0.494 e. The lowest BCUT2D eigenvalue weighted by molar-refractivity contribution is -0.126. The number of carbonyl (C=O) groups is 1. The molecule has 30 heavy (non-hydrogen) atoms. The van der Waals surface area contributed by atoms with Crippen LogP contribution in [0.1, 0.15) is 38.3 Å². The summed E-state index contributed by atoms with van der Waals surface area (Å²) in [4.78, 5) is 12.9. The minimum Gasteiger partial charge on any atom is -0.494 e. The van der Waals surface area contributed by atoms with Crippen LogP contribution in [0, 0.1) is 11.7 Å². The van der Waals surface area contributed by atoms with E-state index in [0.29, 0.717) is 31.7 Å². The molecule has 2 aromatic carbocycles. The quantitative estimate of drug-likeness (QED) is 0.724. The van der Waals surface area contributed by atoms with E-state index in [1.807, 2.05) is 13.8 Å². The Morgan fingerprint density at radius 3 is 2.50 bits per heavy atom. The Morgan fingerprint density at radius 1 is 1.20 bits per heavy atom. The third kappa shape index (κ3) is 5.17. The number of amides is 1. The molecule has 1 aliphatic heterocycles. The van der Waals surface area contributed by atoms with Gasteiger partial charge in [-0.25, -0.2) is 12.8 Å². The summed E-state index contributed by atoms with van der Waals surface area (Å²) in [5.41, 5.74) is 0.791. The van der Waals surface area contributed by atoms with Crippen LogP contribution in [-0.2, 0) is 14.8 Å². The van der Waals surface area contributed by atoms with Gasteiger partial charge in [-0.1, -0.05) is 12.1 Å². The predicted octanol–water partition coefficient (Wildman–Crippen LogP) is 3.50. The van der Waals surface area contributed by atoms with Gasteiger partial charge < -0.3 is 10.1 Å². The molecule has 162 valence electrons. The summed E-state index contributed by atoms with van der Waals surface area (Å²) in [6.07, 6.45) is 1.23. The average molecular weight is 435 g/mol. The molecule has 0 bridgehead atoms. The van der Waals surface area contributed by atoms with Crippen molar-refractivity contribution in [2.45, 2.75) is 37.6 Å². The number of sulfonamides is 1. The van der Waals surface area contributed by atoms with Gasteiger partial charge in [0, 0.05) is 13.1 Å². The van der Waals surface area contributed by atoms with Crippen molar-refractivity contribution < 1.29 is 22.3 Å². The van der Waals surface area contributed by atoms with Gasteiger partial charge in [0.05, 0.1) is 23.5 Å². The zero-order valence-corrected chi connectivity index (χ0v) is 18.0. The maximum absolute atomic E-state index is 13.1. The minimum atomic E-state index is -3.69. The number of ether oxygens (including phenoxy) is 1. The first kappa shape index (κ1) is 22.2. The van der Waals surface area contributed by atoms with Crippen LogP contribution in [0.25, 0.3) is 0 Å². The minimum absolute atomic E-state index is 0.136. The molecule has 1 heterocycles. The summed E-state index contributed by atoms with van der Waals surface area (Å²) in [5.74, 6) is -0.348. The van der Waals surface area contributed by atoms with E-state index >= 15 is 0 Å². The van der Waals surface area contributed by atoms with Crippen molar-refractivity contribution in [1.82, 2.24) is 9.62 Å². The molecule has 2 aromatic rings. The summed E-state index contributed by atoms with van der Waals surface area (Å²) < 4.78 is 45.9. The van der Waals surface area contributed by atoms with Gasteiger partial charge in [-0.3, -0.25) is 4.79 Å². The van der Waals surface area contributed by atoms with Gasteiger partial charge >= 0.3 is 0 Å². The normalized spacial score (nSPS) is 18.6. The van der Waals surface area contributed by atoms with Crippen LogP contribution in [0.3, 0.4) is 0 Å². The fourth-order valence-electron chi connectivity index (χ4n) is 3.56. The van der Waals surface area contributed by atoms with Crippen LogP contribution in [-0.4, -0.2) is 38.3 Å². The number of halogens is 1. The van der Waals surface area contributed by atoms with Gasteiger partial charge in [0.15, 0.2) is 0 Å². The second-order valence-corrected chi connectivity index (χ2v) is 9.33. The highest BCUT2D eigenvalue weighted by molar-refractivity contribution is 7.89. The number of hydrogen-bond acceptors (Lipinski definition) is 4. The molecule has 6 nitrogen and oxygen atoms in total. The van der Waals surface area contributed by atoms with Crippen LogP contribution in [0.2, 0.25) is 0 Å². The van der Waals surface area contributed by atoms with Crippen LogP contribution in [0.5, 0.6) is 5.75 Å². The number of piperidine rings is 1. The Kier molecular flexibility index (Phi) is 7.10. The average Bonchev–Trinajstić information content (AvgIpc) is 2.75. The molecule has 8 heteroatoms. The van der Waals surface area contributed by atoms with Crippen molar-refractivity contribution in [2.24, 2.45) is 5.92 Å². The molecule has 0 unspecified atom stereocenters. The molecule has 3 rings (SSSR count). The van der Waals surface area contributed by atoms with E-state index in [1.165, 1.54) is 28.6 Å². The van der Waals surface area contributed by atoms with E-state index in [-0.39, 0.29) is 29.2 Å². The van der Waals surface area contributed by atoms with E-state index in [1.54, 1.807) is 24.3 Å². The van der Waals surface area contributed by atoms with Crippen molar-refractivity contribution in [3.8, 4) is 5.75 Å². The van der Waals surface area contributed by atoms with Crippen LogP contribution in [0.4, 0.5) is 4.39 Å². The van der Waals surface area contributed by atoms with Gasteiger partial charge in [0.1, 0.15) is 11.6 Å². The van der Waals surface area contributed by atoms with Crippen LogP contribution < -0.4 is 10.1 Å². The fourth-order valence-corrected chi connectivity index (χ4v) is 5.09. The first-order valence-electron chi connectivity index (χ1n) is 10.1.